The summed E-state index contributed by atoms with van der Waals surface area (Å²) < 4.78 is 4.67. The molecule has 3 heterocycles. The molecule has 1 atom stereocenters. The first-order chi connectivity index (χ1) is 16.1. The van der Waals surface area contributed by atoms with Gasteiger partial charge in [-0.25, -0.2) is 0 Å². The zero-order valence-corrected chi connectivity index (χ0v) is 20.5. The zero-order chi connectivity index (χ0) is 24.5. The molecule has 2 aromatic carbocycles. The molecule has 1 amide bonds. The van der Waals surface area contributed by atoms with Crippen LogP contribution in [0.15, 0.2) is 48.7 Å². The van der Waals surface area contributed by atoms with Crippen LogP contribution in [-0.2, 0) is 31.5 Å². The average Bonchev–Trinajstić information content (AvgIpc) is 3.46. The molecule has 1 fully saturated rings. The Morgan fingerprint density at radius 3 is 2.54 bits per heavy atom. The number of likely N-dealkylation sites (N-methyl/N-ethyl adjacent to an activating group) is 1. The summed E-state index contributed by atoms with van der Waals surface area (Å²) in [4.78, 5) is 17.9. The monoisotopic (exact) mass is 521 g/mol. The SMILES string of the molecule is CN1CCCC1Cc1c[nH]c2ccc(OC(O)(O)O)cc12.O=C1c2ccccc2CN1[C-](O)O.[V]. The molecule has 0 spiro atoms. The molecule has 6 N–H and O–H groups in total. The minimum absolute atomic E-state index is 0. The van der Waals surface area contributed by atoms with Crippen LogP contribution in [0, 0.1) is 6.41 Å². The van der Waals surface area contributed by atoms with E-state index in [0.29, 0.717) is 11.6 Å². The van der Waals surface area contributed by atoms with E-state index in [1.807, 2.05) is 12.3 Å². The molecule has 0 saturated carbocycles. The second-order valence-corrected chi connectivity index (χ2v) is 8.53. The van der Waals surface area contributed by atoms with Crippen LogP contribution >= 0.6 is 0 Å². The van der Waals surface area contributed by atoms with Crippen molar-refractivity contribution < 1.29 is 53.6 Å². The van der Waals surface area contributed by atoms with Crippen molar-refractivity contribution in [2.75, 3.05) is 13.6 Å². The number of ether oxygens (including phenoxy) is 1. The van der Waals surface area contributed by atoms with E-state index in [0.717, 1.165) is 39.9 Å². The minimum Gasteiger partial charge on any atom is -0.516 e. The predicted molar refractivity (Wildman–Crippen MR) is 121 cm³/mol. The van der Waals surface area contributed by atoms with Crippen molar-refractivity contribution in [3.8, 4) is 5.75 Å². The van der Waals surface area contributed by atoms with Crippen molar-refractivity contribution in [3.05, 3.63) is 71.8 Å². The van der Waals surface area contributed by atoms with Gasteiger partial charge in [0.25, 0.3) is 0 Å². The number of amides is 1. The third-order valence-corrected chi connectivity index (χ3v) is 6.18. The fraction of sp³-hybridized carbons (Fsp3) is 0.333. The number of aromatic nitrogens is 1. The van der Waals surface area contributed by atoms with Crippen molar-refractivity contribution in [2.45, 2.75) is 38.0 Å². The molecule has 2 aliphatic heterocycles. The van der Waals surface area contributed by atoms with Gasteiger partial charge in [-0.1, -0.05) is 18.2 Å². The first kappa shape index (κ1) is 27.2. The maximum atomic E-state index is 11.4. The van der Waals surface area contributed by atoms with Gasteiger partial charge >= 0.3 is 6.16 Å². The fourth-order valence-corrected chi connectivity index (χ4v) is 4.45. The third kappa shape index (κ3) is 6.43. The smallest absolute Gasteiger partial charge is 0.453 e. The average molecular weight is 521 g/mol. The summed E-state index contributed by atoms with van der Waals surface area (Å²) in [5, 5.41) is 45.2. The summed E-state index contributed by atoms with van der Waals surface area (Å²) >= 11 is 0. The van der Waals surface area contributed by atoms with Gasteiger partial charge in [0.2, 0.25) is 5.91 Å². The summed E-state index contributed by atoms with van der Waals surface area (Å²) in [7, 11) is 2.14. The minimum atomic E-state index is -3.16. The van der Waals surface area contributed by atoms with Crippen LogP contribution in [0.5, 0.6) is 5.75 Å². The Morgan fingerprint density at radius 1 is 1.17 bits per heavy atom. The Bertz CT molecular complexity index is 1160. The molecule has 1 unspecified atom stereocenters. The van der Waals surface area contributed by atoms with Gasteiger partial charge < -0.3 is 45.1 Å². The molecular weight excluding hydrogens is 493 g/mol. The number of hydrogen-bond donors (Lipinski definition) is 6. The Morgan fingerprint density at radius 2 is 1.91 bits per heavy atom. The molecule has 0 aliphatic carbocycles. The number of carbonyl (C=O) groups excluding carboxylic acids is 1. The number of rotatable bonds is 5. The van der Waals surface area contributed by atoms with Gasteiger partial charge in [-0.15, -0.1) is 0 Å². The van der Waals surface area contributed by atoms with Crippen LogP contribution in [0.4, 0.5) is 0 Å². The van der Waals surface area contributed by atoms with Gasteiger partial charge in [0, 0.05) is 60.2 Å². The van der Waals surface area contributed by atoms with Crippen molar-refractivity contribution in [2.24, 2.45) is 0 Å². The van der Waals surface area contributed by atoms with Crippen LogP contribution < -0.4 is 4.74 Å². The van der Waals surface area contributed by atoms with E-state index in [1.165, 1.54) is 12.8 Å². The normalized spacial score (nSPS) is 17.9. The summed E-state index contributed by atoms with van der Waals surface area (Å²) in [5.74, 6) is -0.161. The number of likely N-dealkylation sites (tertiary alicyclic amines) is 1. The molecule has 11 heteroatoms. The van der Waals surface area contributed by atoms with Gasteiger partial charge in [-0.2, -0.15) is 0 Å². The number of hydrogen-bond acceptors (Lipinski definition) is 8. The Hall–Kier alpha value is -2.41. The van der Waals surface area contributed by atoms with Gasteiger partial charge in [0.15, 0.2) is 0 Å². The Labute approximate surface area is 214 Å². The van der Waals surface area contributed by atoms with E-state index in [1.54, 1.807) is 36.4 Å². The first-order valence-corrected chi connectivity index (χ1v) is 10.9. The topological polar surface area (TPSA) is 150 Å². The second-order valence-electron chi connectivity index (χ2n) is 8.53. The van der Waals surface area contributed by atoms with Crippen LogP contribution in [0.25, 0.3) is 10.9 Å². The number of aliphatic hydroxyl groups excluding tert-OH is 1. The van der Waals surface area contributed by atoms with Crippen molar-refractivity contribution >= 4 is 16.8 Å². The summed E-state index contributed by atoms with van der Waals surface area (Å²) in [6.07, 6.45) is 1.22. The molecule has 35 heavy (non-hydrogen) atoms. The van der Waals surface area contributed by atoms with E-state index in [-0.39, 0.29) is 36.8 Å². The number of nitrogens with one attached hydrogen (secondary N) is 1. The molecule has 10 nitrogen and oxygen atoms in total. The quantitative estimate of drug-likeness (QED) is 0.219. The predicted octanol–water partition coefficient (Wildman–Crippen LogP) is 1.60. The fourth-order valence-electron chi connectivity index (χ4n) is 4.45. The Kier molecular flexibility index (Phi) is 8.63. The number of benzene rings is 2. The van der Waals surface area contributed by atoms with E-state index in [4.69, 9.17) is 25.5 Å². The summed E-state index contributed by atoms with van der Waals surface area (Å²) in [6.45, 7) is 1.36. The van der Waals surface area contributed by atoms with E-state index < -0.39 is 12.6 Å². The second kappa shape index (κ2) is 11.1. The maximum Gasteiger partial charge on any atom is 0.453 e. The van der Waals surface area contributed by atoms with Crippen LogP contribution in [0.1, 0.15) is 34.3 Å². The molecule has 1 saturated heterocycles. The van der Waals surface area contributed by atoms with Gasteiger partial charge in [-0.05, 0) is 68.2 Å². The maximum absolute atomic E-state index is 11.4. The number of carbonyl (C=O) groups is 1. The van der Waals surface area contributed by atoms with E-state index >= 15 is 0 Å². The van der Waals surface area contributed by atoms with Crippen LogP contribution in [-0.4, -0.2) is 72.0 Å². The Balaban J connectivity index is 0.000000211. The van der Waals surface area contributed by atoms with Crippen molar-refractivity contribution in [3.63, 3.8) is 0 Å². The van der Waals surface area contributed by atoms with Gasteiger partial charge in [0.05, 0.1) is 0 Å². The van der Waals surface area contributed by atoms with E-state index in [2.05, 4.69) is 21.7 Å². The largest absolute Gasteiger partial charge is 0.516 e. The van der Waals surface area contributed by atoms with Crippen molar-refractivity contribution in [1.29, 1.82) is 0 Å². The number of H-pyrrole nitrogens is 1. The standard InChI is InChI=1S/C15H20N2O4.C9H8NO3.V/c1-17-6-2-3-11(17)7-10-9-16-14-5-4-12(8-13(10)14)21-15(18,19)20;11-8-7-4-2-1-3-6(7)5-10(8)9(12)13;/h4-5,8-9,11,16,18-20H,2-3,6-7H2,1H3;1-4,12-13H,5H2;/q;-1;. The first-order valence-electron chi connectivity index (χ1n) is 10.9. The van der Waals surface area contributed by atoms with Gasteiger partial charge in [-0.3, -0.25) is 4.79 Å². The van der Waals surface area contributed by atoms with E-state index in [9.17, 15) is 4.79 Å². The molecule has 1 radical (unpaired) electrons. The number of fused-ring (bicyclic) bond motifs is 2. The molecule has 3 aromatic rings. The number of nitrogens with zero attached hydrogens (tertiary/aromatic N) is 2. The molecule has 187 valence electrons. The summed E-state index contributed by atoms with van der Waals surface area (Å²) in [6, 6.07) is 12.6. The van der Waals surface area contributed by atoms with Gasteiger partial charge in [0.1, 0.15) is 5.75 Å². The molecule has 0 bridgehead atoms. The number of aliphatic hydroxyl groups is 5. The van der Waals surface area contributed by atoms with Crippen LogP contribution in [0.2, 0.25) is 0 Å². The molecule has 5 rings (SSSR count). The molecular formula is C24H28N3O7V-. The van der Waals surface area contributed by atoms with Crippen molar-refractivity contribution in [1.82, 2.24) is 14.8 Å². The zero-order valence-electron chi connectivity index (χ0n) is 19.1. The summed E-state index contributed by atoms with van der Waals surface area (Å²) in [5.41, 5.74) is 3.46. The third-order valence-electron chi connectivity index (χ3n) is 6.18. The molecule has 1 aromatic heterocycles. The molecule has 2 aliphatic rings. The van der Waals surface area contributed by atoms with Crippen LogP contribution in [0.3, 0.4) is 0 Å². The number of aromatic amines is 1.